The number of thiazole rings is 2. The van der Waals surface area contributed by atoms with Crippen LogP contribution in [0.3, 0.4) is 0 Å². The molecule has 1 fully saturated rings. The van der Waals surface area contributed by atoms with Crippen molar-refractivity contribution in [2.24, 2.45) is 0 Å². The molecule has 1 saturated heterocycles. The fourth-order valence-electron chi connectivity index (χ4n) is 7.54. The van der Waals surface area contributed by atoms with Crippen LogP contribution in [0.2, 0.25) is 0 Å². The van der Waals surface area contributed by atoms with E-state index in [1.54, 1.807) is 23.5 Å². The molecule has 16 heteroatoms. The summed E-state index contributed by atoms with van der Waals surface area (Å²) in [5.74, 6) is 6.22. The second-order valence-electron chi connectivity index (χ2n) is 15.2. The van der Waals surface area contributed by atoms with Gasteiger partial charge in [0.1, 0.15) is 0 Å². The number of carboxylic acid groups (broad SMARTS) is 1. The van der Waals surface area contributed by atoms with Gasteiger partial charge in [0.25, 0.3) is 0 Å². The van der Waals surface area contributed by atoms with E-state index in [-0.39, 0.29) is 21.8 Å². The predicted octanol–water partition coefficient (Wildman–Crippen LogP) is 9.19. The standard InChI is InChI=1S/C44H50FIN8O4S2/c1-30-32-14-11-23-54(41(32)51-50-40(30)49-43-47-34-15-7-8-16-36(34)59-43)44-48-39(42(56)57)37(60-44)17-12-28-58-35-20-19-31(29-33(35)45)13-10-22-53-26-24-52(25-27-53)21-9-5-3-2-4-6-18-38(46)55/h7-8,15-16,19-20,29H,2-6,9,11-12,14,17-18,21-28H2,1H3,(H,56,57)(H,47,49,50). The Kier molecular flexibility index (Phi) is 15.7. The van der Waals surface area contributed by atoms with Crippen LogP contribution in [0, 0.1) is 24.6 Å². The lowest BCUT2D eigenvalue weighted by atomic mass is 10.0. The number of carbonyl (C=O) groups is 2. The number of fused-ring (bicyclic) bond motifs is 2. The molecule has 3 aromatic heterocycles. The summed E-state index contributed by atoms with van der Waals surface area (Å²) >= 11 is 4.77. The summed E-state index contributed by atoms with van der Waals surface area (Å²) in [6.45, 7) is 8.68. The van der Waals surface area contributed by atoms with Crippen LogP contribution in [0.25, 0.3) is 10.2 Å². The zero-order chi connectivity index (χ0) is 41.8. The van der Waals surface area contributed by atoms with Gasteiger partial charge < -0.3 is 25.0 Å². The zero-order valence-electron chi connectivity index (χ0n) is 33.9. The largest absolute Gasteiger partial charge is 0.491 e. The number of unbranched alkanes of at least 4 members (excludes halogenated alkanes) is 5. The number of carbonyl (C=O) groups excluding carboxylic acids is 1. The minimum absolute atomic E-state index is 0.0115. The fourth-order valence-corrected chi connectivity index (χ4v) is 9.91. The molecule has 2 aromatic carbocycles. The van der Waals surface area contributed by atoms with Gasteiger partial charge in [0.05, 0.1) is 23.4 Å². The predicted molar refractivity (Wildman–Crippen MR) is 245 cm³/mol. The van der Waals surface area contributed by atoms with Crippen molar-refractivity contribution in [3.8, 4) is 17.6 Å². The number of carboxylic acids is 1. The van der Waals surface area contributed by atoms with Gasteiger partial charge in [0.15, 0.2) is 42.9 Å². The van der Waals surface area contributed by atoms with Gasteiger partial charge in [-0.15, -0.1) is 21.5 Å². The lowest BCUT2D eigenvalue weighted by Gasteiger charge is -2.33. The summed E-state index contributed by atoms with van der Waals surface area (Å²) in [5, 5.41) is 23.8. The van der Waals surface area contributed by atoms with Crippen molar-refractivity contribution in [2.75, 3.05) is 62.6 Å². The maximum Gasteiger partial charge on any atom is 0.355 e. The number of nitrogens with one attached hydrogen (secondary N) is 1. The van der Waals surface area contributed by atoms with Gasteiger partial charge in [0, 0.05) is 60.7 Å². The monoisotopic (exact) mass is 964 g/mol. The summed E-state index contributed by atoms with van der Waals surface area (Å²) in [6.07, 6.45) is 10.3. The third-order valence-electron chi connectivity index (χ3n) is 10.9. The van der Waals surface area contributed by atoms with E-state index in [0.717, 1.165) is 84.9 Å². The molecule has 0 aliphatic carbocycles. The highest BCUT2D eigenvalue weighted by Gasteiger charge is 2.28. The van der Waals surface area contributed by atoms with Crippen molar-refractivity contribution in [3.05, 3.63) is 75.5 Å². The van der Waals surface area contributed by atoms with E-state index in [1.165, 1.54) is 43.1 Å². The average molecular weight is 965 g/mol. The number of nitrogens with zero attached hydrogens (tertiary/aromatic N) is 7. The van der Waals surface area contributed by atoms with E-state index in [2.05, 4.69) is 47.1 Å². The molecule has 5 aromatic rings. The second kappa shape index (κ2) is 21.5. The van der Waals surface area contributed by atoms with E-state index >= 15 is 4.39 Å². The topological polar surface area (TPSA) is 137 Å². The van der Waals surface area contributed by atoms with Gasteiger partial charge in [-0.25, -0.2) is 19.2 Å². The Morgan fingerprint density at radius 1 is 0.950 bits per heavy atom. The number of aromatic carboxylic acids is 1. The molecule has 316 valence electrons. The Morgan fingerprint density at radius 2 is 1.73 bits per heavy atom. The molecule has 60 heavy (non-hydrogen) atoms. The van der Waals surface area contributed by atoms with Crippen molar-refractivity contribution < 1.29 is 23.8 Å². The van der Waals surface area contributed by atoms with Crippen molar-refractivity contribution in [3.63, 3.8) is 0 Å². The van der Waals surface area contributed by atoms with Gasteiger partial charge in [-0.05, 0) is 105 Å². The van der Waals surface area contributed by atoms with Crippen molar-refractivity contribution >= 4 is 87.1 Å². The first-order valence-electron chi connectivity index (χ1n) is 20.8. The molecule has 2 N–H and O–H groups in total. The molecule has 0 unspecified atom stereocenters. The summed E-state index contributed by atoms with van der Waals surface area (Å²) in [6, 6.07) is 12.8. The first-order valence-corrected chi connectivity index (χ1v) is 23.5. The molecule has 2 aliphatic heterocycles. The molecule has 0 amide bonds. The van der Waals surface area contributed by atoms with Crippen LogP contribution in [0.1, 0.15) is 89.8 Å². The number of ether oxygens (including phenoxy) is 1. The van der Waals surface area contributed by atoms with Crippen LogP contribution < -0.4 is 15.0 Å². The summed E-state index contributed by atoms with van der Waals surface area (Å²) < 4.78 is 22.2. The van der Waals surface area contributed by atoms with E-state index in [9.17, 15) is 14.7 Å². The van der Waals surface area contributed by atoms with Crippen LogP contribution in [0.5, 0.6) is 5.75 Å². The minimum Gasteiger partial charge on any atom is -0.491 e. The lowest BCUT2D eigenvalue weighted by Crippen LogP contribution is -2.46. The number of hydrogen-bond acceptors (Lipinski definition) is 13. The van der Waals surface area contributed by atoms with Crippen LogP contribution in [-0.4, -0.2) is 97.3 Å². The third kappa shape index (κ3) is 11.8. The second-order valence-corrected chi connectivity index (χ2v) is 18.5. The first kappa shape index (κ1) is 43.8. The molecule has 0 radical (unpaired) electrons. The molecule has 0 saturated carbocycles. The fraction of sp³-hybridized carbons (Fsp3) is 0.455. The molecule has 0 spiro atoms. The number of aromatic nitrogens is 4. The van der Waals surface area contributed by atoms with Gasteiger partial charge in [-0.1, -0.05) is 61.0 Å². The Bertz CT molecular complexity index is 2300. The van der Waals surface area contributed by atoms with Crippen LogP contribution in [0.15, 0.2) is 42.5 Å². The van der Waals surface area contributed by atoms with E-state index in [4.69, 9.17) is 4.74 Å². The average Bonchev–Trinajstić information content (AvgIpc) is 3.87. The van der Waals surface area contributed by atoms with Crippen molar-refractivity contribution in [2.45, 2.75) is 77.6 Å². The molecular formula is C44H50FIN8O4S2. The highest BCUT2D eigenvalue weighted by Crippen LogP contribution is 2.39. The van der Waals surface area contributed by atoms with Gasteiger partial charge >= 0.3 is 5.97 Å². The molecule has 7 rings (SSSR count). The van der Waals surface area contributed by atoms with Gasteiger partial charge in [-0.2, -0.15) is 0 Å². The maximum absolute atomic E-state index is 15.0. The third-order valence-corrected chi connectivity index (χ3v) is 13.5. The summed E-state index contributed by atoms with van der Waals surface area (Å²) in [7, 11) is 0. The van der Waals surface area contributed by atoms with Crippen LogP contribution in [0.4, 0.5) is 26.3 Å². The number of rotatable bonds is 19. The smallest absolute Gasteiger partial charge is 0.355 e. The molecular weight excluding hydrogens is 915 g/mol. The van der Waals surface area contributed by atoms with Crippen molar-refractivity contribution in [1.82, 2.24) is 30.0 Å². The number of anilines is 4. The van der Waals surface area contributed by atoms with Crippen LogP contribution >= 0.6 is 45.3 Å². The normalized spacial score (nSPS) is 14.5. The molecule has 0 bridgehead atoms. The molecule has 12 nitrogen and oxygen atoms in total. The number of halogens is 2. The Labute approximate surface area is 372 Å². The number of aryl methyl sites for hydroxylation is 1. The van der Waals surface area contributed by atoms with E-state index in [0.29, 0.717) is 59.6 Å². The molecule has 5 heterocycles. The highest BCUT2D eigenvalue weighted by atomic mass is 127. The molecule has 2 aliphatic rings. The number of hydrogen-bond donors (Lipinski definition) is 2. The summed E-state index contributed by atoms with van der Waals surface area (Å²) in [5.41, 5.74) is 3.55. The van der Waals surface area contributed by atoms with Crippen molar-refractivity contribution in [1.29, 1.82) is 0 Å². The first-order chi connectivity index (χ1) is 29.2. The lowest BCUT2D eigenvalue weighted by molar-refractivity contribution is -0.109. The minimum atomic E-state index is -1.09. The SMILES string of the molecule is Cc1c(Nc2nc3ccccc3s2)nnc2c1CCCN2c1nc(C(=O)O)c(CCCOc2ccc(C#CCN3CCN(CCCCCCCCC(=O)I)CC3)cc2F)s1. The zero-order valence-corrected chi connectivity index (χ0v) is 37.6. The Hall–Kier alpha value is -4.28. The van der Waals surface area contributed by atoms with Gasteiger partial charge in [0.2, 0.25) is 0 Å². The van der Waals surface area contributed by atoms with Crippen LogP contribution in [-0.2, 0) is 17.6 Å². The van der Waals surface area contributed by atoms with E-state index < -0.39 is 11.8 Å². The quantitative estimate of drug-likeness (QED) is 0.0354. The Morgan fingerprint density at radius 3 is 2.52 bits per heavy atom. The maximum atomic E-state index is 15.0. The molecule has 0 atom stereocenters. The summed E-state index contributed by atoms with van der Waals surface area (Å²) in [4.78, 5) is 40.0. The Balaban J connectivity index is 0.857. The number of piperazine rings is 1. The van der Waals surface area contributed by atoms with Gasteiger partial charge in [-0.3, -0.25) is 9.69 Å². The highest BCUT2D eigenvalue weighted by molar-refractivity contribution is 14.1. The van der Waals surface area contributed by atoms with E-state index in [1.807, 2.05) is 58.7 Å². The number of benzene rings is 2. The number of para-hydroxylation sites is 1.